The standard InChI is InChI=1S/C15H24O2/c1-11(2)9-16-14-6-7-15(13(5)8-14)17-10-12(3)4/h6-8,11-12H,9-10H2,1-5H3. The molecule has 0 bridgehead atoms. The lowest BCUT2D eigenvalue weighted by Crippen LogP contribution is -2.06. The normalized spacial score (nSPS) is 11.0. The Bertz CT molecular complexity index is 343. The van der Waals surface area contributed by atoms with E-state index in [0.29, 0.717) is 11.8 Å². The van der Waals surface area contributed by atoms with Crippen molar-refractivity contribution >= 4 is 0 Å². The number of hydrogen-bond donors (Lipinski definition) is 0. The van der Waals surface area contributed by atoms with Crippen LogP contribution in [-0.4, -0.2) is 13.2 Å². The lowest BCUT2D eigenvalue weighted by molar-refractivity contribution is 0.262. The second kappa shape index (κ2) is 6.53. The Balaban J connectivity index is 2.59. The Morgan fingerprint density at radius 3 is 2.06 bits per heavy atom. The maximum absolute atomic E-state index is 5.72. The highest BCUT2D eigenvalue weighted by Crippen LogP contribution is 2.24. The minimum atomic E-state index is 0.547. The van der Waals surface area contributed by atoms with Gasteiger partial charge < -0.3 is 9.47 Å². The average Bonchev–Trinajstić information content (AvgIpc) is 2.24. The third kappa shape index (κ3) is 5.12. The zero-order chi connectivity index (χ0) is 12.8. The van der Waals surface area contributed by atoms with Gasteiger partial charge in [-0.05, 0) is 42.5 Å². The molecule has 2 nitrogen and oxygen atoms in total. The molecule has 0 atom stereocenters. The van der Waals surface area contributed by atoms with Crippen LogP contribution in [0.15, 0.2) is 18.2 Å². The summed E-state index contributed by atoms with van der Waals surface area (Å²) < 4.78 is 11.4. The molecule has 2 heteroatoms. The molecule has 0 aromatic heterocycles. The van der Waals surface area contributed by atoms with Crippen LogP contribution in [0.2, 0.25) is 0 Å². The molecule has 96 valence electrons. The van der Waals surface area contributed by atoms with Crippen molar-refractivity contribution < 1.29 is 9.47 Å². The van der Waals surface area contributed by atoms with Gasteiger partial charge in [-0.3, -0.25) is 0 Å². The molecule has 0 aliphatic heterocycles. The van der Waals surface area contributed by atoms with Gasteiger partial charge in [0.15, 0.2) is 0 Å². The first-order chi connectivity index (χ1) is 7.99. The molecule has 0 radical (unpaired) electrons. The summed E-state index contributed by atoms with van der Waals surface area (Å²) in [6.07, 6.45) is 0. The first-order valence-electron chi connectivity index (χ1n) is 6.35. The third-order valence-electron chi connectivity index (χ3n) is 2.30. The first kappa shape index (κ1) is 13.9. The molecule has 1 aromatic rings. The summed E-state index contributed by atoms with van der Waals surface area (Å²) >= 11 is 0. The monoisotopic (exact) mass is 236 g/mol. The van der Waals surface area contributed by atoms with E-state index < -0.39 is 0 Å². The molecule has 0 saturated heterocycles. The van der Waals surface area contributed by atoms with E-state index in [2.05, 4.69) is 34.6 Å². The summed E-state index contributed by atoms with van der Waals surface area (Å²) in [6.45, 7) is 12.2. The van der Waals surface area contributed by atoms with Crippen molar-refractivity contribution in [2.45, 2.75) is 34.6 Å². The molecule has 0 saturated carbocycles. The van der Waals surface area contributed by atoms with Crippen molar-refractivity contribution in [2.24, 2.45) is 11.8 Å². The van der Waals surface area contributed by atoms with Crippen LogP contribution in [0, 0.1) is 18.8 Å². The molecule has 1 rings (SSSR count). The Morgan fingerprint density at radius 2 is 1.53 bits per heavy atom. The summed E-state index contributed by atoms with van der Waals surface area (Å²) in [5.74, 6) is 2.97. The summed E-state index contributed by atoms with van der Waals surface area (Å²) in [7, 11) is 0. The largest absolute Gasteiger partial charge is 0.493 e. The summed E-state index contributed by atoms with van der Waals surface area (Å²) in [6, 6.07) is 6.01. The lowest BCUT2D eigenvalue weighted by Gasteiger charge is -2.13. The highest BCUT2D eigenvalue weighted by Gasteiger charge is 2.04. The summed E-state index contributed by atoms with van der Waals surface area (Å²) in [5, 5.41) is 0. The summed E-state index contributed by atoms with van der Waals surface area (Å²) in [4.78, 5) is 0. The molecule has 0 aliphatic rings. The number of aryl methyl sites for hydroxylation is 1. The van der Waals surface area contributed by atoms with Gasteiger partial charge in [0.25, 0.3) is 0 Å². The highest BCUT2D eigenvalue weighted by molar-refractivity contribution is 5.39. The maximum Gasteiger partial charge on any atom is 0.122 e. The van der Waals surface area contributed by atoms with Crippen molar-refractivity contribution in [2.75, 3.05) is 13.2 Å². The van der Waals surface area contributed by atoms with E-state index in [0.717, 1.165) is 30.3 Å². The Labute approximate surface area is 105 Å². The average molecular weight is 236 g/mol. The lowest BCUT2D eigenvalue weighted by atomic mass is 10.2. The van der Waals surface area contributed by atoms with Crippen molar-refractivity contribution in [1.82, 2.24) is 0 Å². The van der Waals surface area contributed by atoms with Gasteiger partial charge in [0.05, 0.1) is 13.2 Å². The Kier molecular flexibility index (Phi) is 5.33. The molecule has 1 aromatic carbocycles. The van der Waals surface area contributed by atoms with E-state index in [4.69, 9.17) is 9.47 Å². The second-order valence-electron chi connectivity index (χ2n) is 5.34. The Hall–Kier alpha value is -1.18. The zero-order valence-electron chi connectivity index (χ0n) is 11.6. The quantitative estimate of drug-likeness (QED) is 0.741. The fourth-order valence-electron chi connectivity index (χ4n) is 1.39. The van der Waals surface area contributed by atoms with E-state index in [-0.39, 0.29) is 0 Å². The molecular weight excluding hydrogens is 212 g/mol. The molecule has 0 fully saturated rings. The molecular formula is C15H24O2. The van der Waals surface area contributed by atoms with E-state index in [1.807, 2.05) is 18.2 Å². The predicted octanol–water partition coefficient (Wildman–Crippen LogP) is 4.06. The van der Waals surface area contributed by atoms with Gasteiger partial charge in [-0.1, -0.05) is 27.7 Å². The fourth-order valence-corrected chi connectivity index (χ4v) is 1.39. The number of ether oxygens (including phenoxy) is 2. The van der Waals surface area contributed by atoms with Crippen LogP contribution >= 0.6 is 0 Å². The minimum Gasteiger partial charge on any atom is -0.493 e. The van der Waals surface area contributed by atoms with Crippen LogP contribution in [0.1, 0.15) is 33.3 Å². The van der Waals surface area contributed by atoms with E-state index >= 15 is 0 Å². The minimum absolute atomic E-state index is 0.547. The molecule has 0 N–H and O–H groups in total. The molecule has 0 aliphatic carbocycles. The van der Waals surface area contributed by atoms with Crippen LogP contribution in [0.3, 0.4) is 0 Å². The van der Waals surface area contributed by atoms with Gasteiger partial charge in [0.1, 0.15) is 11.5 Å². The number of hydrogen-bond acceptors (Lipinski definition) is 2. The van der Waals surface area contributed by atoms with Gasteiger partial charge in [-0.2, -0.15) is 0 Å². The van der Waals surface area contributed by atoms with Gasteiger partial charge in [-0.25, -0.2) is 0 Å². The predicted molar refractivity (Wildman–Crippen MR) is 71.8 cm³/mol. The van der Waals surface area contributed by atoms with Crippen molar-refractivity contribution in [3.05, 3.63) is 23.8 Å². The highest BCUT2D eigenvalue weighted by atomic mass is 16.5. The van der Waals surface area contributed by atoms with Crippen LogP contribution in [0.5, 0.6) is 11.5 Å². The van der Waals surface area contributed by atoms with Crippen LogP contribution in [0.4, 0.5) is 0 Å². The van der Waals surface area contributed by atoms with Gasteiger partial charge >= 0.3 is 0 Å². The molecule has 0 unspecified atom stereocenters. The molecule has 0 heterocycles. The number of benzene rings is 1. The molecule has 17 heavy (non-hydrogen) atoms. The van der Waals surface area contributed by atoms with Gasteiger partial charge in [-0.15, -0.1) is 0 Å². The van der Waals surface area contributed by atoms with Crippen molar-refractivity contribution in [3.8, 4) is 11.5 Å². The number of rotatable bonds is 6. The second-order valence-corrected chi connectivity index (χ2v) is 5.34. The fraction of sp³-hybridized carbons (Fsp3) is 0.600. The van der Waals surface area contributed by atoms with Crippen molar-refractivity contribution in [3.63, 3.8) is 0 Å². The van der Waals surface area contributed by atoms with E-state index in [1.54, 1.807) is 0 Å². The molecule has 0 amide bonds. The van der Waals surface area contributed by atoms with E-state index in [9.17, 15) is 0 Å². The van der Waals surface area contributed by atoms with Crippen LogP contribution in [0.25, 0.3) is 0 Å². The van der Waals surface area contributed by atoms with Crippen LogP contribution < -0.4 is 9.47 Å². The summed E-state index contributed by atoms with van der Waals surface area (Å²) in [5.41, 5.74) is 1.13. The maximum atomic E-state index is 5.72. The smallest absolute Gasteiger partial charge is 0.122 e. The molecule has 0 spiro atoms. The Morgan fingerprint density at radius 1 is 0.941 bits per heavy atom. The zero-order valence-corrected chi connectivity index (χ0v) is 11.6. The third-order valence-corrected chi connectivity index (χ3v) is 2.30. The first-order valence-corrected chi connectivity index (χ1v) is 6.35. The van der Waals surface area contributed by atoms with Crippen LogP contribution in [-0.2, 0) is 0 Å². The SMILES string of the molecule is Cc1cc(OCC(C)C)ccc1OCC(C)C. The van der Waals surface area contributed by atoms with Gasteiger partial charge in [0, 0.05) is 0 Å². The van der Waals surface area contributed by atoms with Gasteiger partial charge in [0.2, 0.25) is 0 Å². The topological polar surface area (TPSA) is 18.5 Å². The van der Waals surface area contributed by atoms with E-state index in [1.165, 1.54) is 0 Å². The van der Waals surface area contributed by atoms with Crippen molar-refractivity contribution in [1.29, 1.82) is 0 Å².